The van der Waals surface area contributed by atoms with Crippen LogP contribution >= 0.6 is 11.6 Å². The predicted molar refractivity (Wildman–Crippen MR) is 146 cm³/mol. The summed E-state index contributed by atoms with van der Waals surface area (Å²) < 4.78 is 13.8. The number of benzene rings is 2. The Kier molecular flexibility index (Phi) is 6.50. The number of halogens is 1. The van der Waals surface area contributed by atoms with Gasteiger partial charge in [0.2, 0.25) is 5.95 Å². The van der Waals surface area contributed by atoms with E-state index in [0.717, 1.165) is 54.0 Å². The number of ether oxygens (including phenoxy) is 2. The Bertz CT molecular complexity index is 1530. The predicted octanol–water partition coefficient (Wildman–Crippen LogP) is 5.58. The summed E-state index contributed by atoms with van der Waals surface area (Å²) in [6.45, 7) is 6.44. The van der Waals surface area contributed by atoms with Crippen LogP contribution in [-0.2, 0) is 6.54 Å². The molecule has 38 heavy (non-hydrogen) atoms. The first-order valence-corrected chi connectivity index (χ1v) is 13.0. The summed E-state index contributed by atoms with van der Waals surface area (Å²) in [7, 11) is 0. The molecule has 2 aliphatic rings. The highest BCUT2D eigenvalue weighted by Gasteiger charge is 2.22. The zero-order valence-corrected chi connectivity index (χ0v) is 21.7. The molecule has 4 heterocycles. The first-order valence-electron chi connectivity index (χ1n) is 12.7. The molecule has 1 N–H and O–H groups in total. The summed E-state index contributed by atoms with van der Waals surface area (Å²) in [6.07, 6.45) is 5.94. The lowest BCUT2D eigenvalue weighted by Crippen LogP contribution is -2.25. The van der Waals surface area contributed by atoms with Crippen molar-refractivity contribution in [2.24, 2.45) is 0 Å². The molecule has 4 aromatic rings. The van der Waals surface area contributed by atoms with Gasteiger partial charge in [-0.05, 0) is 50.6 Å². The normalized spacial score (nSPS) is 15.0. The van der Waals surface area contributed by atoms with E-state index in [1.165, 1.54) is 25.1 Å². The van der Waals surface area contributed by atoms with Crippen molar-refractivity contribution in [3.8, 4) is 22.8 Å². The van der Waals surface area contributed by atoms with Crippen molar-refractivity contribution in [3.05, 3.63) is 63.4 Å². The molecule has 2 aliphatic heterocycles. The minimum Gasteiger partial charge on any atom is -0.490 e. The average Bonchev–Trinajstić information content (AvgIpc) is 3.56. The van der Waals surface area contributed by atoms with E-state index in [2.05, 4.69) is 19.8 Å². The number of aromatic nitrogens is 3. The fourth-order valence-corrected chi connectivity index (χ4v) is 5.34. The van der Waals surface area contributed by atoms with Gasteiger partial charge in [0.25, 0.3) is 0 Å². The lowest BCUT2D eigenvalue weighted by Gasteiger charge is -2.16. The number of rotatable bonds is 8. The summed E-state index contributed by atoms with van der Waals surface area (Å²) >= 11 is 6.55. The van der Waals surface area contributed by atoms with Gasteiger partial charge in [-0.25, -0.2) is 9.97 Å². The second-order valence-corrected chi connectivity index (χ2v) is 9.95. The van der Waals surface area contributed by atoms with Crippen LogP contribution < -0.4 is 14.8 Å². The monoisotopic (exact) mass is 534 g/mol. The van der Waals surface area contributed by atoms with Gasteiger partial charge in [0.1, 0.15) is 19.0 Å². The molecule has 6 rings (SSSR count). The minimum absolute atomic E-state index is 0.109. The summed E-state index contributed by atoms with van der Waals surface area (Å²) in [5.74, 6) is 1.37. The fraction of sp³-hybridized carbons (Fsp3) is 0.333. The molecule has 0 spiro atoms. The number of nitrogens with one attached hydrogen (secondary N) is 1. The second kappa shape index (κ2) is 10.1. The van der Waals surface area contributed by atoms with Crippen molar-refractivity contribution in [1.82, 2.24) is 19.4 Å². The van der Waals surface area contributed by atoms with E-state index >= 15 is 0 Å². The molecular weight excluding hydrogens is 508 g/mol. The Morgan fingerprint density at radius 2 is 2.08 bits per heavy atom. The van der Waals surface area contributed by atoms with Crippen LogP contribution in [0.2, 0.25) is 5.02 Å². The second-order valence-electron chi connectivity index (χ2n) is 9.54. The van der Waals surface area contributed by atoms with Gasteiger partial charge >= 0.3 is 5.69 Å². The molecule has 2 aromatic carbocycles. The quantitative estimate of drug-likeness (QED) is 0.230. The smallest absolute Gasteiger partial charge is 0.313 e. The van der Waals surface area contributed by atoms with Crippen molar-refractivity contribution in [2.75, 3.05) is 38.2 Å². The third-order valence-corrected chi connectivity index (χ3v) is 7.34. The van der Waals surface area contributed by atoms with Gasteiger partial charge in [-0.3, -0.25) is 15.0 Å². The summed E-state index contributed by atoms with van der Waals surface area (Å²) in [6, 6.07) is 9.07. The Hall–Kier alpha value is -3.89. The molecule has 0 saturated carbocycles. The van der Waals surface area contributed by atoms with Crippen molar-refractivity contribution in [2.45, 2.75) is 26.3 Å². The maximum Gasteiger partial charge on any atom is 0.313 e. The first-order chi connectivity index (χ1) is 18.5. The van der Waals surface area contributed by atoms with Gasteiger partial charge in [0.15, 0.2) is 5.75 Å². The molecule has 0 amide bonds. The Morgan fingerprint density at radius 1 is 1.24 bits per heavy atom. The van der Waals surface area contributed by atoms with Crippen molar-refractivity contribution < 1.29 is 14.4 Å². The van der Waals surface area contributed by atoms with E-state index in [-0.39, 0.29) is 17.4 Å². The maximum atomic E-state index is 11.9. The van der Waals surface area contributed by atoms with Gasteiger partial charge < -0.3 is 19.4 Å². The molecule has 1 saturated heterocycles. The van der Waals surface area contributed by atoms with Crippen LogP contribution in [0.15, 0.2) is 42.7 Å². The number of nitro benzene ring substituents is 1. The lowest BCUT2D eigenvalue weighted by molar-refractivity contribution is -0.385. The van der Waals surface area contributed by atoms with E-state index in [4.69, 9.17) is 26.1 Å². The molecule has 1 fully saturated rings. The molecule has 10 nitrogen and oxygen atoms in total. The molecule has 0 atom stereocenters. The van der Waals surface area contributed by atoms with Gasteiger partial charge in [0.05, 0.1) is 39.6 Å². The highest BCUT2D eigenvalue weighted by Crippen LogP contribution is 2.40. The zero-order chi connectivity index (χ0) is 26.2. The third-order valence-electron chi connectivity index (χ3n) is 7.06. The number of nitrogens with zero attached hydrogens (tertiary/aromatic N) is 5. The van der Waals surface area contributed by atoms with Crippen LogP contribution in [0.5, 0.6) is 11.5 Å². The van der Waals surface area contributed by atoms with Crippen LogP contribution in [0.1, 0.15) is 18.4 Å². The van der Waals surface area contributed by atoms with Gasteiger partial charge in [-0.1, -0.05) is 23.7 Å². The van der Waals surface area contributed by atoms with E-state index < -0.39 is 4.92 Å². The topological polar surface area (TPSA) is 108 Å². The van der Waals surface area contributed by atoms with E-state index in [9.17, 15) is 10.1 Å². The van der Waals surface area contributed by atoms with Crippen LogP contribution in [0.3, 0.4) is 0 Å². The maximum absolute atomic E-state index is 11.9. The Morgan fingerprint density at radius 3 is 2.89 bits per heavy atom. The van der Waals surface area contributed by atoms with Crippen molar-refractivity contribution >= 4 is 39.8 Å². The molecule has 2 aromatic heterocycles. The van der Waals surface area contributed by atoms with Crippen LogP contribution in [0.4, 0.5) is 17.3 Å². The van der Waals surface area contributed by atoms with Crippen LogP contribution in [-0.4, -0.2) is 57.2 Å². The van der Waals surface area contributed by atoms with Crippen molar-refractivity contribution in [1.29, 1.82) is 0 Å². The SMILES string of the molecule is Cc1cc(OCCN2CCCC2)c([N+](=O)[O-])cc1Nc1ncc(Cl)c(-c2cn3c4c(cccc24)OCC3)n1. The van der Waals surface area contributed by atoms with Gasteiger partial charge in [-0.2, -0.15) is 0 Å². The number of anilines is 2. The Balaban J connectivity index is 1.29. The lowest BCUT2D eigenvalue weighted by atomic mass is 10.1. The molecule has 0 unspecified atom stereocenters. The number of likely N-dealkylation sites (tertiary alicyclic amines) is 1. The number of para-hydroxylation sites is 1. The van der Waals surface area contributed by atoms with Gasteiger partial charge in [0, 0.05) is 29.8 Å². The summed E-state index contributed by atoms with van der Waals surface area (Å²) in [5.41, 5.74) is 3.63. The van der Waals surface area contributed by atoms with Crippen LogP contribution in [0, 0.1) is 17.0 Å². The highest BCUT2D eigenvalue weighted by molar-refractivity contribution is 6.33. The number of hydrogen-bond donors (Lipinski definition) is 1. The Labute approximate surface area is 224 Å². The fourth-order valence-electron chi connectivity index (χ4n) is 5.15. The van der Waals surface area contributed by atoms with E-state index in [1.807, 2.05) is 31.3 Å². The number of aryl methyl sites for hydroxylation is 1. The molecule has 0 aliphatic carbocycles. The molecule has 0 bridgehead atoms. The average molecular weight is 535 g/mol. The largest absolute Gasteiger partial charge is 0.490 e. The number of nitro groups is 1. The minimum atomic E-state index is -0.431. The molecule has 11 heteroatoms. The van der Waals surface area contributed by atoms with E-state index in [1.54, 1.807) is 6.07 Å². The molecule has 196 valence electrons. The summed E-state index contributed by atoms with van der Waals surface area (Å²) in [5, 5.41) is 16.4. The molecular formula is C27H27ClN6O4. The van der Waals surface area contributed by atoms with E-state index in [0.29, 0.717) is 29.6 Å². The zero-order valence-electron chi connectivity index (χ0n) is 20.9. The first kappa shape index (κ1) is 24.4. The van der Waals surface area contributed by atoms with Crippen molar-refractivity contribution in [3.63, 3.8) is 0 Å². The van der Waals surface area contributed by atoms with Gasteiger partial charge in [-0.15, -0.1) is 0 Å². The summed E-state index contributed by atoms with van der Waals surface area (Å²) in [4.78, 5) is 22.8. The standard InChI is InChI=1S/C27H27ClN6O4/c1-17-13-24(38-11-9-32-7-2-3-8-32)22(34(35)36)14-21(17)30-27-29-15-20(28)25(31-27)19-16-33-10-12-37-23-6-4-5-18(19)26(23)33/h4-6,13-16H,2-3,7-12H2,1H3,(H,29,30,31). The van der Waals surface area contributed by atoms with Crippen LogP contribution in [0.25, 0.3) is 22.2 Å². The third kappa shape index (κ3) is 4.61. The molecule has 0 radical (unpaired) electrons. The highest BCUT2D eigenvalue weighted by atomic mass is 35.5. The number of hydrogen-bond acceptors (Lipinski definition) is 8.